The van der Waals surface area contributed by atoms with Crippen molar-refractivity contribution in [1.29, 1.82) is 0 Å². The van der Waals surface area contributed by atoms with Crippen molar-refractivity contribution in [2.24, 2.45) is 0 Å². The molecule has 0 radical (unpaired) electrons. The summed E-state index contributed by atoms with van der Waals surface area (Å²) in [5.41, 5.74) is 2.61. The summed E-state index contributed by atoms with van der Waals surface area (Å²) in [6.45, 7) is 10.3. The minimum atomic E-state index is 0.575. The van der Waals surface area contributed by atoms with Crippen LogP contribution in [0.25, 0.3) is 0 Å². The Morgan fingerprint density at radius 3 is 2.75 bits per heavy atom. The van der Waals surface area contributed by atoms with Crippen LogP contribution in [-0.2, 0) is 4.74 Å². The summed E-state index contributed by atoms with van der Waals surface area (Å²) in [6, 6.07) is 5.07. The normalized spacial score (nSPS) is 24.3. The maximum Gasteiger partial charge on any atom is 0.128 e. The van der Waals surface area contributed by atoms with Gasteiger partial charge in [0.25, 0.3) is 0 Å². The minimum absolute atomic E-state index is 0.575. The molecule has 110 valence electrons. The van der Waals surface area contributed by atoms with E-state index in [-0.39, 0.29) is 0 Å². The fraction of sp³-hybridized carbons (Fsp3) is 0.688. The molecule has 0 aliphatic carbocycles. The van der Waals surface area contributed by atoms with Gasteiger partial charge in [-0.15, -0.1) is 0 Å². The number of anilines is 1. The first kappa shape index (κ1) is 13.8. The molecule has 3 rings (SSSR count). The average molecular weight is 275 g/mol. The van der Waals surface area contributed by atoms with Crippen molar-refractivity contribution >= 4 is 5.82 Å². The van der Waals surface area contributed by atoms with Crippen molar-refractivity contribution in [1.82, 2.24) is 9.88 Å². The number of hydrogen-bond donors (Lipinski definition) is 0. The lowest BCUT2D eigenvalue weighted by atomic mass is 10.0. The Hall–Kier alpha value is -1.13. The molecule has 0 amide bonds. The molecule has 1 atom stereocenters. The first-order chi connectivity index (χ1) is 9.79. The monoisotopic (exact) mass is 275 g/mol. The molecule has 0 N–H and O–H groups in total. The first-order valence-electron chi connectivity index (χ1n) is 7.84. The highest BCUT2D eigenvalue weighted by atomic mass is 16.5. The van der Waals surface area contributed by atoms with Crippen molar-refractivity contribution in [3.63, 3.8) is 0 Å². The quantitative estimate of drug-likeness (QED) is 0.847. The number of aromatic nitrogens is 1. The van der Waals surface area contributed by atoms with Gasteiger partial charge in [-0.05, 0) is 44.5 Å². The Kier molecular flexibility index (Phi) is 4.22. The molecule has 1 unspecified atom stereocenters. The Morgan fingerprint density at radius 2 is 2.05 bits per heavy atom. The molecule has 2 fully saturated rings. The van der Waals surface area contributed by atoms with E-state index in [1.54, 1.807) is 0 Å². The van der Waals surface area contributed by atoms with E-state index in [1.165, 1.54) is 30.6 Å². The molecule has 2 saturated heterocycles. The van der Waals surface area contributed by atoms with Crippen LogP contribution in [0.4, 0.5) is 5.82 Å². The summed E-state index contributed by atoms with van der Waals surface area (Å²) in [5.74, 6) is 1.11. The van der Waals surface area contributed by atoms with Crippen LogP contribution in [0.1, 0.15) is 37.1 Å². The van der Waals surface area contributed by atoms with Gasteiger partial charge in [-0.25, -0.2) is 4.98 Å². The zero-order chi connectivity index (χ0) is 13.9. The van der Waals surface area contributed by atoms with Crippen molar-refractivity contribution in [3.05, 3.63) is 23.4 Å². The summed E-state index contributed by atoms with van der Waals surface area (Å²) in [7, 11) is 0. The summed E-state index contributed by atoms with van der Waals surface area (Å²) in [5, 5.41) is 0. The third kappa shape index (κ3) is 2.67. The summed E-state index contributed by atoms with van der Waals surface area (Å²) >= 11 is 0. The predicted molar refractivity (Wildman–Crippen MR) is 81.2 cm³/mol. The molecule has 1 aromatic rings. The van der Waals surface area contributed by atoms with Crippen LogP contribution in [-0.4, -0.2) is 49.3 Å². The molecule has 0 saturated carbocycles. The number of pyridine rings is 1. The Balaban J connectivity index is 1.80. The van der Waals surface area contributed by atoms with Crippen LogP contribution in [0, 0.1) is 6.92 Å². The van der Waals surface area contributed by atoms with Gasteiger partial charge in [0.15, 0.2) is 0 Å². The molecule has 2 aliphatic rings. The number of aryl methyl sites for hydroxylation is 1. The lowest BCUT2D eigenvalue weighted by molar-refractivity contribution is 0.122. The van der Waals surface area contributed by atoms with Crippen LogP contribution in [0.15, 0.2) is 12.1 Å². The zero-order valence-electron chi connectivity index (χ0n) is 12.6. The van der Waals surface area contributed by atoms with Gasteiger partial charge in [0.2, 0.25) is 0 Å². The van der Waals surface area contributed by atoms with E-state index in [2.05, 4.69) is 35.8 Å². The summed E-state index contributed by atoms with van der Waals surface area (Å²) < 4.78 is 5.41. The molecule has 1 aromatic heterocycles. The lowest BCUT2D eigenvalue weighted by Crippen LogP contribution is -2.37. The van der Waals surface area contributed by atoms with Crippen LogP contribution < -0.4 is 4.90 Å². The summed E-state index contributed by atoms with van der Waals surface area (Å²) in [6.07, 6.45) is 2.58. The van der Waals surface area contributed by atoms with Gasteiger partial charge < -0.3 is 9.64 Å². The molecule has 2 aliphatic heterocycles. The van der Waals surface area contributed by atoms with Crippen molar-refractivity contribution in [3.8, 4) is 0 Å². The maximum atomic E-state index is 5.41. The Morgan fingerprint density at radius 1 is 1.25 bits per heavy atom. The van der Waals surface area contributed by atoms with E-state index in [0.717, 1.165) is 38.7 Å². The third-order valence-corrected chi connectivity index (χ3v) is 4.58. The number of nitrogens with zero attached hydrogens (tertiary/aromatic N) is 3. The van der Waals surface area contributed by atoms with Gasteiger partial charge in [0.05, 0.1) is 13.2 Å². The van der Waals surface area contributed by atoms with Crippen LogP contribution >= 0.6 is 0 Å². The second-order valence-corrected chi connectivity index (χ2v) is 5.73. The van der Waals surface area contributed by atoms with E-state index in [9.17, 15) is 0 Å². The Labute approximate surface area is 121 Å². The lowest BCUT2D eigenvalue weighted by Gasteiger charge is -2.29. The first-order valence-corrected chi connectivity index (χ1v) is 7.84. The van der Waals surface area contributed by atoms with Gasteiger partial charge in [-0.3, -0.25) is 4.90 Å². The molecular formula is C16H25N3O. The molecule has 20 heavy (non-hydrogen) atoms. The van der Waals surface area contributed by atoms with Crippen LogP contribution in [0.2, 0.25) is 0 Å². The van der Waals surface area contributed by atoms with E-state index in [0.29, 0.717) is 6.04 Å². The standard InChI is InChI=1S/C16H25N3O/c1-3-18-8-4-5-15(18)14-6-7-16(17-13(14)2)19-9-11-20-12-10-19/h6-7,15H,3-5,8-12H2,1-2H3. The topological polar surface area (TPSA) is 28.6 Å². The SMILES string of the molecule is CCN1CCCC1c1ccc(N2CCOCC2)nc1C. The van der Waals surface area contributed by atoms with Crippen LogP contribution in [0.5, 0.6) is 0 Å². The third-order valence-electron chi connectivity index (χ3n) is 4.58. The fourth-order valence-corrected chi connectivity index (χ4v) is 3.44. The largest absolute Gasteiger partial charge is 0.378 e. The van der Waals surface area contributed by atoms with Gasteiger partial charge in [-0.1, -0.05) is 13.0 Å². The molecule has 3 heterocycles. The number of ether oxygens (including phenoxy) is 1. The second-order valence-electron chi connectivity index (χ2n) is 5.73. The smallest absolute Gasteiger partial charge is 0.128 e. The van der Waals surface area contributed by atoms with E-state index in [1.807, 2.05) is 0 Å². The molecule has 0 spiro atoms. The molecular weight excluding hydrogens is 250 g/mol. The summed E-state index contributed by atoms with van der Waals surface area (Å²) in [4.78, 5) is 9.75. The highest BCUT2D eigenvalue weighted by molar-refractivity contribution is 5.43. The predicted octanol–water partition coefficient (Wildman–Crippen LogP) is 2.38. The van der Waals surface area contributed by atoms with Crippen LogP contribution in [0.3, 0.4) is 0 Å². The number of rotatable bonds is 3. The molecule has 0 bridgehead atoms. The zero-order valence-corrected chi connectivity index (χ0v) is 12.6. The van der Waals surface area contributed by atoms with E-state index in [4.69, 9.17) is 9.72 Å². The van der Waals surface area contributed by atoms with E-state index >= 15 is 0 Å². The highest BCUT2D eigenvalue weighted by Crippen LogP contribution is 2.33. The molecule has 0 aromatic carbocycles. The molecule has 4 heteroatoms. The van der Waals surface area contributed by atoms with Gasteiger partial charge in [0.1, 0.15) is 5.82 Å². The van der Waals surface area contributed by atoms with E-state index < -0.39 is 0 Å². The van der Waals surface area contributed by atoms with Crippen molar-refractivity contribution < 1.29 is 4.74 Å². The number of hydrogen-bond acceptors (Lipinski definition) is 4. The Bertz CT molecular complexity index is 457. The number of morpholine rings is 1. The second kappa shape index (κ2) is 6.10. The minimum Gasteiger partial charge on any atom is -0.378 e. The number of likely N-dealkylation sites (tertiary alicyclic amines) is 1. The average Bonchev–Trinajstić information content (AvgIpc) is 2.96. The van der Waals surface area contributed by atoms with Crippen molar-refractivity contribution in [2.45, 2.75) is 32.7 Å². The van der Waals surface area contributed by atoms with Crippen molar-refractivity contribution in [2.75, 3.05) is 44.3 Å². The van der Waals surface area contributed by atoms with Gasteiger partial charge >= 0.3 is 0 Å². The van der Waals surface area contributed by atoms with Gasteiger partial charge in [-0.2, -0.15) is 0 Å². The molecule has 4 nitrogen and oxygen atoms in total. The van der Waals surface area contributed by atoms with Gasteiger partial charge in [0, 0.05) is 24.8 Å². The maximum absolute atomic E-state index is 5.41. The highest BCUT2D eigenvalue weighted by Gasteiger charge is 2.26. The fourth-order valence-electron chi connectivity index (χ4n) is 3.44.